The lowest BCUT2D eigenvalue weighted by Gasteiger charge is -2.36. The Hall–Kier alpha value is -7.78. The van der Waals surface area contributed by atoms with Gasteiger partial charge in [0.05, 0.1) is 22.7 Å². The molecular formula is C56H36N6S2. The van der Waals surface area contributed by atoms with Gasteiger partial charge in [-0.15, -0.1) is 0 Å². The van der Waals surface area contributed by atoms with Crippen molar-refractivity contribution in [1.82, 2.24) is 19.1 Å². The van der Waals surface area contributed by atoms with E-state index < -0.39 is 0 Å². The molecule has 0 amide bonds. The van der Waals surface area contributed by atoms with E-state index in [1.165, 1.54) is 19.6 Å². The topological polar surface area (TPSA) is 42.1 Å². The van der Waals surface area contributed by atoms with Gasteiger partial charge in [-0.25, -0.2) is 9.97 Å². The summed E-state index contributed by atoms with van der Waals surface area (Å²) in [7, 11) is 0. The minimum absolute atomic E-state index is 0.840. The molecule has 64 heavy (non-hydrogen) atoms. The molecule has 302 valence electrons. The van der Waals surface area contributed by atoms with Crippen LogP contribution in [-0.2, 0) is 0 Å². The molecular weight excluding hydrogens is 821 g/mol. The van der Waals surface area contributed by atoms with Crippen LogP contribution in [0.4, 0.5) is 34.1 Å². The van der Waals surface area contributed by atoms with Crippen LogP contribution in [0.15, 0.2) is 238 Å². The lowest BCUT2D eigenvalue weighted by atomic mass is 10.1. The predicted molar refractivity (Wildman–Crippen MR) is 264 cm³/mol. The highest BCUT2D eigenvalue weighted by Crippen LogP contribution is 2.60. The van der Waals surface area contributed by atoms with Crippen LogP contribution in [0, 0.1) is 0 Å². The highest BCUT2D eigenvalue weighted by Gasteiger charge is 2.38. The maximum absolute atomic E-state index is 5.96. The molecule has 0 saturated heterocycles. The van der Waals surface area contributed by atoms with Gasteiger partial charge < -0.3 is 9.80 Å². The number of anilines is 6. The number of imidazole rings is 2. The third-order valence-corrected chi connectivity index (χ3v) is 14.3. The quantitative estimate of drug-likeness (QED) is 0.166. The van der Waals surface area contributed by atoms with Crippen LogP contribution in [-0.4, -0.2) is 19.1 Å². The van der Waals surface area contributed by atoms with Crippen LogP contribution in [0.5, 0.6) is 0 Å². The van der Waals surface area contributed by atoms with E-state index in [1.54, 1.807) is 23.5 Å². The fraction of sp³-hybridized carbons (Fsp3) is 0. The van der Waals surface area contributed by atoms with Gasteiger partial charge in [0.2, 0.25) is 0 Å². The minimum Gasteiger partial charge on any atom is -0.304 e. The van der Waals surface area contributed by atoms with E-state index >= 15 is 0 Å². The Morgan fingerprint density at radius 2 is 0.578 bits per heavy atom. The fourth-order valence-electron chi connectivity index (χ4n) is 9.37. The second kappa shape index (κ2) is 14.9. The van der Waals surface area contributed by atoms with Gasteiger partial charge in [-0.1, -0.05) is 169 Å². The minimum atomic E-state index is 0.840. The number of aromatic nitrogens is 4. The summed E-state index contributed by atoms with van der Waals surface area (Å²) in [6, 6.07) is 77.6. The number of fused-ring (bicyclic) bond motifs is 6. The van der Waals surface area contributed by atoms with E-state index in [0.717, 1.165) is 90.3 Å². The molecule has 13 rings (SSSR count). The molecule has 2 aromatic heterocycles. The van der Waals surface area contributed by atoms with E-state index in [0.29, 0.717) is 0 Å². The van der Waals surface area contributed by atoms with Gasteiger partial charge in [-0.3, -0.25) is 9.13 Å². The normalized spacial score (nSPS) is 12.8. The van der Waals surface area contributed by atoms with Crippen molar-refractivity contribution in [1.29, 1.82) is 0 Å². The molecule has 4 heterocycles. The summed E-state index contributed by atoms with van der Waals surface area (Å²) in [5.41, 5.74) is 13.9. The Balaban J connectivity index is 1.33. The van der Waals surface area contributed by atoms with Crippen LogP contribution < -0.4 is 9.80 Å². The van der Waals surface area contributed by atoms with Gasteiger partial charge in [0.25, 0.3) is 0 Å². The first-order valence-electron chi connectivity index (χ1n) is 21.3. The van der Waals surface area contributed by atoms with Crippen LogP contribution >= 0.6 is 23.5 Å². The van der Waals surface area contributed by atoms with E-state index in [2.05, 4.69) is 237 Å². The molecule has 11 aromatic rings. The molecule has 0 N–H and O–H groups in total. The number of rotatable bonds is 6. The number of nitrogens with zero attached hydrogens (tertiary/aromatic N) is 6. The Kier molecular flexibility index (Phi) is 8.60. The smallest absolute Gasteiger partial charge is 0.145 e. The second-order valence-corrected chi connectivity index (χ2v) is 17.9. The third-order valence-electron chi connectivity index (χ3n) is 12.1. The van der Waals surface area contributed by atoms with Gasteiger partial charge in [-0.2, -0.15) is 0 Å². The number of hydrogen-bond acceptors (Lipinski definition) is 6. The van der Waals surface area contributed by atoms with Crippen LogP contribution in [0.1, 0.15) is 0 Å². The Morgan fingerprint density at radius 1 is 0.297 bits per heavy atom. The zero-order chi connectivity index (χ0) is 42.1. The summed E-state index contributed by atoms with van der Waals surface area (Å²) in [5.74, 6) is 1.68. The van der Waals surface area contributed by atoms with Crippen molar-refractivity contribution < 1.29 is 0 Å². The van der Waals surface area contributed by atoms with E-state index in [9.17, 15) is 0 Å². The lowest BCUT2D eigenvalue weighted by molar-refractivity contribution is 1.09. The van der Waals surface area contributed by atoms with Crippen molar-refractivity contribution in [2.24, 2.45) is 0 Å². The average molecular weight is 857 g/mol. The highest BCUT2D eigenvalue weighted by molar-refractivity contribution is 8.00. The summed E-state index contributed by atoms with van der Waals surface area (Å²) in [6.45, 7) is 0. The fourth-order valence-corrected chi connectivity index (χ4v) is 11.5. The molecule has 2 aliphatic rings. The van der Waals surface area contributed by atoms with Crippen molar-refractivity contribution in [2.75, 3.05) is 9.80 Å². The average Bonchev–Trinajstić information content (AvgIpc) is 3.96. The molecule has 6 nitrogen and oxygen atoms in total. The molecule has 0 atom stereocenters. The molecule has 2 aliphatic heterocycles. The monoisotopic (exact) mass is 856 g/mol. The maximum atomic E-state index is 5.96. The van der Waals surface area contributed by atoms with Crippen LogP contribution in [0.25, 0.3) is 56.2 Å². The second-order valence-electron chi connectivity index (χ2n) is 15.8. The Morgan fingerprint density at radius 3 is 0.906 bits per heavy atom. The maximum Gasteiger partial charge on any atom is 0.145 e. The SMILES string of the molecule is c1ccc(-c2nc3c(N4c5ccccc5Sc5ccccc54)c4c(nc(-c5ccccc5)n4-c4ccccc4)c(N4c5ccccc5Sc5ccccc54)c3n2-c2ccccc2)cc1. The molecule has 0 bridgehead atoms. The number of benzene rings is 9. The summed E-state index contributed by atoms with van der Waals surface area (Å²) in [4.78, 5) is 21.5. The largest absolute Gasteiger partial charge is 0.304 e. The van der Waals surface area contributed by atoms with Crippen LogP contribution in [0.2, 0.25) is 0 Å². The zero-order valence-corrected chi connectivity index (χ0v) is 35.9. The first kappa shape index (κ1) is 36.8. The third kappa shape index (κ3) is 5.69. The van der Waals surface area contributed by atoms with Crippen molar-refractivity contribution in [2.45, 2.75) is 19.6 Å². The first-order valence-corrected chi connectivity index (χ1v) is 23.0. The molecule has 0 aliphatic carbocycles. The van der Waals surface area contributed by atoms with Crippen molar-refractivity contribution in [3.63, 3.8) is 0 Å². The molecule has 0 spiro atoms. The molecule has 8 heteroatoms. The summed E-state index contributed by atoms with van der Waals surface area (Å²) < 4.78 is 4.74. The summed E-state index contributed by atoms with van der Waals surface area (Å²) >= 11 is 3.61. The predicted octanol–water partition coefficient (Wildman–Crippen LogP) is 15.6. The molecule has 0 radical (unpaired) electrons. The summed E-state index contributed by atoms with van der Waals surface area (Å²) in [5, 5.41) is 0. The summed E-state index contributed by atoms with van der Waals surface area (Å²) in [6.07, 6.45) is 0. The Bertz CT molecular complexity index is 3240. The molecule has 0 saturated carbocycles. The zero-order valence-electron chi connectivity index (χ0n) is 34.3. The van der Waals surface area contributed by atoms with Gasteiger partial charge >= 0.3 is 0 Å². The molecule has 9 aromatic carbocycles. The molecule has 0 fully saturated rings. The van der Waals surface area contributed by atoms with E-state index in [1.807, 2.05) is 0 Å². The van der Waals surface area contributed by atoms with E-state index in [-0.39, 0.29) is 0 Å². The van der Waals surface area contributed by atoms with Crippen molar-refractivity contribution >= 4 is 79.7 Å². The van der Waals surface area contributed by atoms with Gasteiger partial charge in [0.1, 0.15) is 45.1 Å². The van der Waals surface area contributed by atoms with Gasteiger partial charge in [-0.05, 0) is 72.8 Å². The molecule has 0 unspecified atom stereocenters. The van der Waals surface area contributed by atoms with Crippen LogP contribution in [0.3, 0.4) is 0 Å². The van der Waals surface area contributed by atoms with Crippen molar-refractivity contribution in [3.05, 3.63) is 218 Å². The number of hydrogen-bond donors (Lipinski definition) is 0. The highest BCUT2D eigenvalue weighted by atomic mass is 32.2. The lowest BCUT2D eigenvalue weighted by Crippen LogP contribution is -2.19. The first-order chi connectivity index (χ1) is 31.8. The standard InChI is InChI=1S/C56H36N6S2/c1-5-21-37(22-6-1)55-57-49-51(59(55)39-25-9-3-10-26-39)54(62-43-31-15-19-35-47(43)64-48-36-20-16-32-44(48)62)50-52(60(40-27-11-4-12-28-40)56(58-50)38-23-7-2-8-24-38)53(49)61-41-29-13-17-33-45(41)63-46-34-18-14-30-42(46)61/h1-36H. The van der Waals surface area contributed by atoms with Gasteiger partial charge in [0.15, 0.2) is 0 Å². The van der Waals surface area contributed by atoms with E-state index in [4.69, 9.17) is 9.97 Å². The van der Waals surface area contributed by atoms with Gasteiger partial charge in [0, 0.05) is 42.1 Å². The number of para-hydroxylation sites is 6. The Labute approximate surface area is 378 Å². The van der Waals surface area contributed by atoms with Crippen molar-refractivity contribution in [3.8, 4) is 34.2 Å².